The smallest absolute Gasteiger partial charge is 0.193 e. The SMILES string of the molecule is CCN(CC)c1ccc(CNC(=NC)N2CCC(c3ncn[nH]3)CC2)cc1F.I. The van der Waals surface area contributed by atoms with Gasteiger partial charge < -0.3 is 15.1 Å². The molecule has 0 aliphatic carbocycles. The number of nitrogens with one attached hydrogen (secondary N) is 2. The first-order chi connectivity index (χ1) is 13.7. The van der Waals surface area contributed by atoms with Gasteiger partial charge in [0.2, 0.25) is 0 Å². The number of hydrogen-bond acceptors (Lipinski definition) is 4. The van der Waals surface area contributed by atoms with Crippen molar-refractivity contribution in [3.05, 3.63) is 41.7 Å². The van der Waals surface area contributed by atoms with Gasteiger partial charge in [0.05, 0.1) is 5.69 Å². The minimum Gasteiger partial charge on any atom is -0.370 e. The van der Waals surface area contributed by atoms with Crippen LogP contribution in [0.25, 0.3) is 0 Å². The number of aromatic amines is 1. The molecule has 0 unspecified atom stereocenters. The highest BCUT2D eigenvalue weighted by Crippen LogP contribution is 2.25. The molecule has 7 nitrogen and oxygen atoms in total. The zero-order chi connectivity index (χ0) is 19.9. The lowest BCUT2D eigenvalue weighted by atomic mass is 9.96. The topological polar surface area (TPSA) is 72.4 Å². The molecular weight excluding hydrogens is 484 g/mol. The quantitative estimate of drug-likeness (QED) is 0.351. The Bertz CT molecular complexity index is 769. The largest absolute Gasteiger partial charge is 0.370 e. The predicted octanol–water partition coefficient (Wildman–Crippen LogP) is 3.36. The summed E-state index contributed by atoms with van der Waals surface area (Å²) in [5, 5.41) is 10.3. The zero-order valence-corrected chi connectivity index (χ0v) is 19.7. The molecule has 0 radical (unpaired) electrons. The van der Waals surface area contributed by atoms with Gasteiger partial charge in [0, 0.05) is 45.7 Å². The number of nitrogens with zero attached hydrogens (tertiary/aromatic N) is 5. The van der Waals surface area contributed by atoms with Crippen LogP contribution in [0.15, 0.2) is 29.5 Å². The van der Waals surface area contributed by atoms with E-state index in [-0.39, 0.29) is 29.8 Å². The van der Waals surface area contributed by atoms with Crippen molar-refractivity contribution in [1.29, 1.82) is 0 Å². The summed E-state index contributed by atoms with van der Waals surface area (Å²) in [6.45, 7) is 8.01. The number of hydrogen-bond donors (Lipinski definition) is 2. The lowest BCUT2D eigenvalue weighted by molar-refractivity contribution is 0.298. The Kier molecular flexibility index (Phi) is 9.12. The van der Waals surface area contributed by atoms with Gasteiger partial charge in [-0.05, 0) is 44.4 Å². The molecule has 0 amide bonds. The van der Waals surface area contributed by atoms with Gasteiger partial charge in [-0.3, -0.25) is 10.1 Å². The molecule has 160 valence electrons. The normalized spacial score (nSPS) is 15.2. The van der Waals surface area contributed by atoms with Gasteiger partial charge in [-0.15, -0.1) is 24.0 Å². The Morgan fingerprint density at radius 3 is 2.59 bits per heavy atom. The van der Waals surface area contributed by atoms with Crippen molar-refractivity contribution in [2.24, 2.45) is 4.99 Å². The first-order valence-corrected chi connectivity index (χ1v) is 10.0. The molecular formula is C20H31FIN7. The Balaban J connectivity index is 0.00000300. The fourth-order valence-corrected chi connectivity index (χ4v) is 3.77. The van der Waals surface area contributed by atoms with E-state index < -0.39 is 0 Å². The van der Waals surface area contributed by atoms with Crippen LogP contribution in [0.1, 0.15) is 44.0 Å². The van der Waals surface area contributed by atoms with E-state index in [1.165, 1.54) is 0 Å². The summed E-state index contributed by atoms with van der Waals surface area (Å²) in [6, 6.07) is 5.46. The lowest BCUT2D eigenvalue weighted by Crippen LogP contribution is -2.45. The van der Waals surface area contributed by atoms with Gasteiger partial charge in [-0.25, -0.2) is 9.37 Å². The number of benzene rings is 1. The van der Waals surface area contributed by atoms with Crippen molar-refractivity contribution in [1.82, 2.24) is 25.4 Å². The summed E-state index contributed by atoms with van der Waals surface area (Å²) in [6.07, 6.45) is 3.57. The second-order valence-electron chi connectivity index (χ2n) is 6.99. The summed E-state index contributed by atoms with van der Waals surface area (Å²) in [7, 11) is 1.79. The lowest BCUT2D eigenvalue weighted by Gasteiger charge is -2.33. The van der Waals surface area contributed by atoms with Crippen LogP contribution in [0.3, 0.4) is 0 Å². The number of rotatable bonds is 6. The van der Waals surface area contributed by atoms with Crippen molar-refractivity contribution in [2.75, 3.05) is 38.1 Å². The Labute approximate surface area is 189 Å². The van der Waals surface area contributed by atoms with E-state index in [2.05, 4.69) is 30.4 Å². The van der Waals surface area contributed by atoms with Crippen molar-refractivity contribution in [2.45, 2.75) is 39.2 Å². The standard InChI is InChI=1S/C20H30FN7.HI/c1-4-27(5-2)18-7-6-15(12-17(18)21)13-23-20(22-3)28-10-8-16(9-11-28)19-24-14-25-26-19;/h6-7,12,14,16H,4-5,8-11,13H2,1-3H3,(H,22,23)(H,24,25,26);1H. The number of guanidine groups is 1. The Morgan fingerprint density at radius 2 is 2.03 bits per heavy atom. The number of H-pyrrole nitrogens is 1. The summed E-state index contributed by atoms with van der Waals surface area (Å²) >= 11 is 0. The minimum absolute atomic E-state index is 0. The van der Waals surface area contributed by atoms with E-state index in [9.17, 15) is 4.39 Å². The van der Waals surface area contributed by atoms with Crippen molar-refractivity contribution >= 4 is 35.6 Å². The van der Waals surface area contributed by atoms with Crippen LogP contribution < -0.4 is 10.2 Å². The van der Waals surface area contributed by atoms with Gasteiger partial charge in [0.25, 0.3) is 0 Å². The van der Waals surface area contributed by atoms with Gasteiger partial charge in [0.1, 0.15) is 18.0 Å². The van der Waals surface area contributed by atoms with Crippen LogP contribution in [-0.4, -0.2) is 59.3 Å². The Morgan fingerprint density at radius 1 is 1.31 bits per heavy atom. The maximum Gasteiger partial charge on any atom is 0.193 e. The molecule has 0 bridgehead atoms. The molecule has 2 aromatic rings. The number of piperidine rings is 1. The van der Waals surface area contributed by atoms with Crippen LogP contribution in [0.5, 0.6) is 0 Å². The minimum atomic E-state index is -0.175. The summed E-state index contributed by atoms with van der Waals surface area (Å²) < 4.78 is 14.5. The molecule has 1 aromatic carbocycles. The van der Waals surface area contributed by atoms with Gasteiger partial charge in [-0.2, -0.15) is 5.10 Å². The molecule has 3 rings (SSSR count). The zero-order valence-electron chi connectivity index (χ0n) is 17.4. The summed E-state index contributed by atoms with van der Waals surface area (Å²) in [5.74, 6) is 2.06. The maximum absolute atomic E-state index is 14.5. The van der Waals surface area contributed by atoms with E-state index in [1.807, 2.05) is 30.9 Å². The van der Waals surface area contributed by atoms with E-state index in [0.717, 1.165) is 56.4 Å². The third-order valence-corrected chi connectivity index (χ3v) is 5.39. The number of halogens is 2. The van der Waals surface area contributed by atoms with E-state index in [0.29, 0.717) is 18.2 Å². The molecule has 0 spiro atoms. The third-order valence-electron chi connectivity index (χ3n) is 5.39. The number of aliphatic imine (C=N–C) groups is 1. The second kappa shape index (κ2) is 11.3. The highest BCUT2D eigenvalue weighted by molar-refractivity contribution is 14.0. The van der Waals surface area contributed by atoms with Gasteiger partial charge in [0.15, 0.2) is 5.96 Å². The highest BCUT2D eigenvalue weighted by atomic mass is 127. The fourth-order valence-electron chi connectivity index (χ4n) is 3.77. The average Bonchev–Trinajstić information content (AvgIpc) is 3.26. The van der Waals surface area contributed by atoms with Gasteiger partial charge >= 0.3 is 0 Å². The van der Waals surface area contributed by atoms with Crippen LogP contribution in [-0.2, 0) is 6.54 Å². The predicted molar refractivity (Wildman–Crippen MR) is 126 cm³/mol. The summed E-state index contributed by atoms with van der Waals surface area (Å²) in [4.78, 5) is 12.9. The van der Waals surface area contributed by atoms with Crippen molar-refractivity contribution in [3.63, 3.8) is 0 Å². The van der Waals surface area contributed by atoms with Crippen LogP contribution in [0, 0.1) is 5.82 Å². The number of anilines is 1. The molecule has 1 aromatic heterocycles. The maximum atomic E-state index is 14.5. The van der Waals surface area contributed by atoms with Crippen LogP contribution in [0.2, 0.25) is 0 Å². The molecule has 1 saturated heterocycles. The second-order valence-corrected chi connectivity index (χ2v) is 6.99. The Hall–Kier alpha value is -1.91. The molecule has 9 heteroatoms. The first kappa shape index (κ1) is 23.4. The molecule has 1 aliphatic rings. The molecule has 2 heterocycles. The van der Waals surface area contributed by atoms with E-state index in [4.69, 9.17) is 0 Å². The molecule has 1 fully saturated rings. The molecule has 1 aliphatic heterocycles. The first-order valence-electron chi connectivity index (χ1n) is 10.0. The molecule has 0 saturated carbocycles. The monoisotopic (exact) mass is 515 g/mol. The van der Waals surface area contributed by atoms with Crippen LogP contribution >= 0.6 is 24.0 Å². The molecule has 0 atom stereocenters. The molecule has 29 heavy (non-hydrogen) atoms. The van der Waals surface area contributed by atoms with Gasteiger partial charge in [-0.1, -0.05) is 6.07 Å². The van der Waals surface area contributed by atoms with Crippen LogP contribution in [0.4, 0.5) is 10.1 Å². The molecule has 2 N–H and O–H groups in total. The average molecular weight is 515 g/mol. The summed E-state index contributed by atoms with van der Waals surface area (Å²) in [5.41, 5.74) is 1.57. The van der Waals surface area contributed by atoms with Crippen molar-refractivity contribution in [3.8, 4) is 0 Å². The number of aromatic nitrogens is 3. The third kappa shape index (κ3) is 5.80. The highest BCUT2D eigenvalue weighted by Gasteiger charge is 2.24. The van der Waals surface area contributed by atoms with Crippen molar-refractivity contribution < 1.29 is 4.39 Å². The fraction of sp³-hybridized carbons (Fsp3) is 0.550. The number of likely N-dealkylation sites (tertiary alicyclic amines) is 1. The van der Waals surface area contributed by atoms with E-state index in [1.54, 1.807) is 19.4 Å². The van der Waals surface area contributed by atoms with E-state index >= 15 is 0 Å².